The predicted molar refractivity (Wildman–Crippen MR) is 108 cm³/mol. The summed E-state index contributed by atoms with van der Waals surface area (Å²) in [5, 5.41) is 0. The fourth-order valence-electron chi connectivity index (χ4n) is 2.21. The van der Waals surface area contributed by atoms with Crippen molar-refractivity contribution in [2.75, 3.05) is 19.8 Å². The molecule has 0 aliphatic carbocycles. The molecule has 0 heterocycles. The summed E-state index contributed by atoms with van der Waals surface area (Å²) < 4.78 is 17.0. The van der Waals surface area contributed by atoms with Gasteiger partial charge in [-0.25, -0.2) is 0 Å². The van der Waals surface area contributed by atoms with E-state index in [9.17, 15) is 4.79 Å². The number of carbonyl (C=O) groups excluding carboxylic acids is 1. The van der Waals surface area contributed by atoms with Crippen LogP contribution < -0.4 is 14.2 Å². The van der Waals surface area contributed by atoms with Crippen LogP contribution in [0.4, 0.5) is 0 Å². The van der Waals surface area contributed by atoms with Crippen LogP contribution in [0.15, 0.2) is 59.1 Å². The van der Waals surface area contributed by atoms with Crippen molar-refractivity contribution in [3.8, 4) is 17.2 Å². The minimum absolute atomic E-state index is 0.130. The minimum Gasteiger partial charge on any atom is -0.493 e. The number of ketones is 1. The van der Waals surface area contributed by atoms with Crippen LogP contribution in [-0.2, 0) is 0 Å². The Hall–Kier alpha value is -2.17. The highest BCUT2D eigenvalue weighted by Gasteiger charge is 2.03. The average molecular weight is 409 g/mol. The summed E-state index contributed by atoms with van der Waals surface area (Å²) >= 11 is 11.0. The lowest BCUT2D eigenvalue weighted by Crippen LogP contribution is -2.05. The molecule has 6 heteroatoms. The van der Waals surface area contributed by atoms with E-state index in [0.717, 1.165) is 17.9 Å². The maximum Gasteiger partial charge on any atom is 0.162 e. The number of hydrogen-bond donors (Lipinski definition) is 0. The highest BCUT2D eigenvalue weighted by molar-refractivity contribution is 6.55. The molecule has 0 radical (unpaired) electrons. The number of carbonyl (C=O) groups is 1. The second-order valence-corrected chi connectivity index (χ2v) is 6.64. The fraction of sp³-hybridized carbons (Fsp3) is 0.286. The number of rotatable bonds is 11. The van der Waals surface area contributed by atoms with Crippen molar-refractivity contribution in [2.24, 2.45) is 0 Å². The molecule has 0 aliphatic heterocycles. The lowest BCUT2D eigenvalue weighted by atomic mass is 10.1. The third kappa shape index (κ3) is 7.94. The first-order chi connectivity index (χ1) is 13.1. The van der Waals surface area contributed by atoms with Gasteiger partial charge in [0.25, 0.3) is 0 Å². The van der Waals surface area contributed by atoms with E-state index < -0.39 is 0 Å². The van der Waals surface area contributed by atoms with Crippen LogP contribution in [0.5, 0.6) is 17.2 Å². The Morgan fingerprint density at radius 1 is 0.852 bits per heavy atom. The summed E-state index contributed by atoms with van der Waals surface area (Å²) in [4.78, 5) is 11.6. The number of Topliss-reactive ketones (excluding diaryl/α,β-unsaturated/α-hetero) is 1. The maximum atomic E-state index is 11.6. The van der Waals surface area contributed by atoms with Gasteiger partial charge in [0.15, 0.2) is 5.78 Å². The third-order valence-electron chi connectivity index (χ3n) is 3.63. The van der Waals surface area contributed by atoms with E-state index in [4.69, 9.17) is 37.4 Å². The van der Waals surface area contributed by atoms with Crippen molar-refractivity contribution in [1.82, 2.24) is 0 Å². The third-order valence-corrected chi connectivity index (χ3v) is 3.94. The number of benzene rings is 2. The molecule has 0 aliphatic rings. The second kappa shape index (κ2) is 11.5. The Morgan fingerprint density at radius 2 is 1.33 bits per heavy atom. The van der Waals surface area contributed by atoms with Crippen molar-refractivity contribution >= 4 is 29.0 Å². The zero-order valence-electron chi connectivity index (χ0n) is 15.1. The van der Waals surface area contributed by atoms with Crippen LogP contribution in [0.3, 0.4) is 0 Å². The van der Waals surface area contributed by atoms with E-state index in [-0.39, 0.29) is 10.3 Å². The molecule has 2 aromatic carbocycles. The summed E-state index contributed by atoms with van der Waals surface area (Å²) in [6.07, 6.45) is 2.82. The summed E-state index contributed by atoms with van der Waals surface area (Å²) in [6, 6.07) is 14.5. The van der Waals surface area contributed by atoms with Crippen molar-refractivity contribution in [1.29, 1.82) is 0 Å². The Balaban J connectivity index is 1.65. The summed E-state index contributed by atoms with van der Waals surface area (Å²) in [7, 11) is 0. The molecule has 144 valence electrons. The van der Waals surface area contributed by atoms with E-state index in [1.807, 2.05) is 43.3 Å². The monoisotopic (exact) mass is 408 g/mol. The second-order valence-electron chi connectivity index (χ2n) is 5.63. The molecule has 2 rings (SSSR count). The van der Waals surface area contributed by atoms with Crippen molar-refractivity contribution in [3.63, 3.8) is 0 Å². The Bertz CT molecular complexity index is 736. The standard InChI is InChI=1S/C21H22Cl2O4/c1-2-20(24)16-4-6-17(7-5-16)25-13-3-14-26-18-8-10-19(11-9-18)27-15-12-21(22)23/h4-12H,2-3,13-15H2,1H3. The smallest absolute Gasteiger partial charge is 0.162 e. The first-order valence-electron chi connectivity index (χ1n) is 8.71. The first-order valence-corrected chi connectivity index (χ1v) is 9.47. The zero-order chi connectivity index (χ0) is 19.5. The van der Waals surface area contributed by atoms with Crippen LogP contribution in [0.25, 0.3) is 0 Å². The molecule has 0 aromatic heterocycles. The van der Waals surface area contributed by atoms with Crippen LogP contribution >= 0.6 is 23.2 Å². The summed E-state index contributed by atoms with van der Waals surface area (Å²) in [5.41, 5.74) is 0.711. The number of ether oxygens (including phenoxy) is 3. The molecule has 0 unspecified atom stereocenters. The van der Waals surface area contributed by atoms with Gasteiger partial charge in [0, 0.05) is 18.4 Å². The van der Waals surface area contributed by atoms with E-state index in [1.165, 1.54) is 0 Å². The summed E-state index contributed by atoms with van der Waals surface area (Å²) in [6.45, 7) is 3.24. The Kier molecular flexibility index (Phi) is 9.02. The fourth-order valence-corrected chi connectivity index (χ4v) is 2.34. The number of hydrogen-bond acceptors (Lipinski definition) is 4. The highest BCUT2D eigenvalue weighted by Crippen LogP contribution is 2.18. The minimum atomic E-state index is 0.130. The van der Waals surface area contributed by atoms with Gasteiger partial charge >= 0.3 is 0 Å². The Morgan fingerprint density at radius 3 is 1.81 bits per heavy atom. The molecule has 27 heavy (non-hydrogen) atoms. The van der Waals surface area contributed by atoms with Gasteiger partial charge in [-0.2, -0.15) is 0 Å². The SMILES string of the molecule is CCC(=O)c1ccc(OCCCOc2ccc(OCC=C(Cl)Cl)cc2)cc1. The van der Waals surface area contributed by atoms with Gasteiger partial charge in [0.2, 0.25) is 0 Å². The lowest BCUT2D eigenvalue weighted by Gasteiger charge is -2.09. The molecule has 0 amide bonds. The quantitative estimate of drug-likeness (QED) is 0.346. The maximum absolute atomic E-state index is 11.6. The van der Waals surface area contributed by atoms with Crippen LogP contribution in [-0.4, -0.2) is 25.6 Å². The molecule has 0 atom stereocenters. The molecule has 0 spiro atoms. The predicted octanol–water partition coefficient (Wildman–Crippen LogP) is 5.83. The molecular weight excluding hydrogens is 387 g/mol. The van der Waals surface area contributed by atoms with E-state index >= 15 is 0 Å². The lowest BCUT2D eigenvalue weighted by molar-refractivity contribution is 0.0988. The number of halogens is 2. The van der Waals surface area contributed by atoms with Crippen LogP contribution in [0.1, 0.15) is 30.1 Å². The summed E-state index contributed by atoms with van der Waals surface area (Å²) in [5.74, 6) is 2.35. The van der Waals surface area contributed by atoms with Gasteiger partial charge in [-0.1, -0.05) is 30.1 Å². The van der Waals surface area contributed by atoms with Crippen molar-refractivity contribution in [2.45, 2.75) is 19.8 Å². The normalized spacial score (nSPS) is 10.2. The van der Waals surface area contributed by atoms with Gasteiger partial charge in [-0.3, -0.25) is 4.79 Å². The van der Waals surface area contributed by atoms with Crippen LogP contribution in [0, 0.1) is 0 Å². The first kappa shape index (κ1) is 21.1. The van der Waals surface area contributed by atoms with Crippen molar-refractivity contribution < 1.29 is 19.0 Å². The zero-order valence-corrected chi connectivity index (χ0v) is 16.6. The molecule has 0 N–H and O–H groups in total. The molecule has 0 saturated heterocycles. The van der Waals surface area contributed by atoms with E-state index in [0.29, 0.717) is 37.6 Å². The van der Waals surface area contributed by atoms with Gasteiger partial charge in [0.1, 0.15) is 28.3 Å². The average Bonchev–Trinajstić information content (AvgIpc) is 2.68. The Labute approximate surface area is 169 Å². The van der Waals surface area contributed by atoms with Gasteiger partial charge in [-0.15, -0.1) is 0 Å². The van der Waals surface area contributed by atoms with Gasteiger partial charge < -0.3 is 14.2 Å². The van der Waals surface area contributed by atoms with E-state index in [2.05, 4.69) is 0 Å². The van der Waals surface area contributed by atoms with Crippen molar-refractivity contribution in [3.05, 3.63) is 64.7 Å². The van der Waals surface area contributed by atoms with Crippen LogP contribution in [0.2, 0.25) is 0 Å². The molecule has 0 saturated carbocycles. The molecule has 0 fully saturated rings. The van der Waals surface area contributed by atoms with E-state index in [1.54, 1.807) is 18.2 Å². The van der Waals surface area contributed by atoms with Gasteiger partial charge in [-0.05, 0) is 54.6 Å². The molecule has 2 aromatic rings. The highest BCUT2D eigenvalue weighted by atomic mass is 35.5. The molecule has 0 bridgehead atoms. The largest absolute Gasteiger partial charge is 0.493 e. The van der Waals surface area contributed by atoms with Gasteiger partial charge in [0.05, 0.1) is 13.2 Å². The molecule has 4 nitrogen and oxygen atoms in total. The topological polar surface area (TPSA) is 44.8 Å². The molecular formula is C21H22Cl2O4.